The standard InChI is InChI=1S/C19H23BN2O4/c1-19(2,3)25-18(23)22-12-7-11(8-12)14-9-20(24)26-16-10-21-15-6-4-5-13(15)17(14)16/h4-5,9-12,24H,6-8H2,1-3H3,(H,22,23). The topological polar surface area (TPSA) is 80.7 Å². The van der Waals surface area contributed by atoms with Crippen molar-refractivity contribution in [1.82, 2.24) is 10.3 Å². The van der Waals surface area contributed by atoms with Crippen LogP contribution in [0.3, 0.4) is 0 Å². The lowest BCUT2D eigenvalue weighted by Gasteiger charge is -2.39. The van der Waals surface area contributed by atoms with E-state index in [1.807, 2.05) is 20.8 Å². The quantitative estimate of drug-likeness (QED) is 0.799. The third-order valence-corrected chi connectivity index (χ3v) is 4.92. The Morgan fingerprint density at radius 3 is 2.92 bits per heavy atom. The van der Waals surface area contributed by atoms with Crippen LogP contribution >= 0.6 is 0 Å². The molecular weight excluding hydrogens is 331 g/mol. The summed E-state index contributed by atoms with van der Waals surface area (Å²) in [6.07, 6.45) is 7.95. The Labute approximate surface area is 153 Å². The maximum atomic E-state index is 11.9. The lowest BCUT2D eigenvalue weighted by Crippen LogP contribution is -2.46. The summed E-state index contributed by atoms with van der Waals surface area (Å²) in [5.74, 6) is 2.68. The van der Waals surface area contributed by atoms with E-state index in [9.17, 15) is 9.82 Å². The highest BCUT2D eigenvalue weighted by molar-refractivity contribution is 6.52. The summed E-state index contributed by atoms with van der Waals surface area (Å²) in [6, 6.07) is 0.0876. The molecule has 26 heavy (non-hydrogen) atoms. The summed E-state index contributed by atoms with van der Waals surface area (Å²) in [5, 5.41) is 13.0. The van der Waals surface area contributed by atoms with E-state index in [2.05, 4.69) is 22.5 Å². The second-order valence-electron chi connectivity index (χ2n) is 8.11. The second-order valence-corrected chi connectivity index (χ2v) is 8.11. The number of carbonyl (C=O) groups excluding carboxylic acids is 1. The average molecular weight is 354 g/mol. The summed E-state index contributed by atoms with van der Waals surface area (Å²) < 4.78 is 10.9. The minimum absolute atomic E-state index is 0.0876. The predicted octanol–water partition coefficient (Wildman–Crippen LogP) is 2.75. The molecule has 2 heterocycles. The normalized spacial score (nSPS) is 23.4. The maximum Gasteiger partial charge on any atom is 0.552 e. The fourth-order valence-corrected chi connectivity index (χ4v) is 3.77. The number of ether oxygens (including phenoxy) is 1. The lowest BCUT2D eigenvalue weighted by molar-refractivity contribution is 0.0467. The van der Waals surface area contributed by atoms with Gasteiger partial charge in [0.25, 0.3) is 0 Å². The minimum atomic E-state index is -0.958. The van der Waals surface area contributed by atoms with Crippen LogP contribution in [-0.4, -0.2) is 34.9 Å². The first-order valence-electron chi connectivity index (χ1n) is 9.05. The molecule has 0 unspecified atom stereocenters. The fourth-order valence-electron chi connectivity index (χ4n) is 3.77. The van der Waals surface area contributed by atoms with Gasteiger partial charge in [0.2, 0.25) is 0 Å². The van der Waals surface area contributed by atoms with Gasteiger partial charge in [-0.15, -0.1) is 0 Å². The molecule has 136 valence electrons. The van der Waals surface area contributed by atoms with Gasteiger partial charge in [-0.05, 0) is 51.1 Å². The third-order valence-electron chi connectivity index (χ3n) is 4.92. The summed E-state index contributed by atoms with van der Waals surface area (Å²) >= 11 is 0. The molecule has 0 aromatic carbocycles. The zero-order valence-corrected chi connectivity index (χ0v) is 15.3. The fraction of sp³-hybridized carbons (Fsp3) is 0.474. The summed E-state index contributed by atoms with van der Waals surface area (Å²) in [5.41, 5.74) is 3.75. The molecule has 1 aromatic heterocycles. The Balaban J connectivity index is 1.48. The van der Waals surface area contributed by atoms with Gasteiger partial charge in [0, 0.05) is 23.6 Å². The van der Waals surface area contributed by atoms with E-state index >= 15 is 0 Å². The van der Waals surface area contributed by atoms with E-state index < -0.39 is 12.7 Å². The first kappa shape index (κ1) is 17.2. The largest absolute Gasteiger partial charge is 0.552 e. The molecule has 0 spiro atoms. The average Bonchev–Trinajstić information content (AvgIpc) is 2.96. The van der Waals surface area contributed by atoms with Gasteiger partial charge in [-0.25, -0.2) is 4.79 Å². The van der Waals surface area contributed by atoms with Crippen LogP contribution in [0.15, 0.2) is 18.2 Å². The van der Waals surface area contributed by atoms with Crippen LogP contribution in [0, 0.1) is 5.92 Å². The van der Waals surface area contributed by atoms with Crippen molar-refractivity contribution in [3.05, 3.63) is 35.1 Å². The molecule has 1 aliphatic heterocycles. The van der Waals surface area contributed by atoms with Crippen molar-refractivity contribution < 1.29 is 19.2 Å². The summed E-state index contributed by atoms with van der Waals surface area (Å²) in [6.45, 7) is 5.55. The number of aromatic nitrogens is 1. The molecule has 2 aliphatic carbocycles. The highest BCUT2D eigenvalue weighted by Crippen LogP contribution is 2.46. The summed E-state index contributed by atoms with van der Waals surface area (Å²) in [7, 11) is -0.958. The van der Waals surface area contributed by atoms with Gasteiger partial charge >= 0.3 is 13.2 Å². The number of carbonyl (C=O) groups is 1. The van der Waals surface area contributed by atoms with Crippen LogP contribution in [0.25, 0.3) is 11.6 Å². The molecule has 0 saturated heterocycles. The van der Waals surface area contributed by atoms with Crippen LogP contribution in [0.1, 0.15) is 50.4 Å². The smallest absolute Gasteiger partial charge is 0.531 e. The maximum absolute atomic E-state index is 11.9. The van der Waals surface area contributed by atoms with E-state index in [1.54, 1.807) is 12.2 Å². The number of pyridine rings is 1. The zero-order valence-electron chi connectivity index (χ0n) is 15.3. The molecule has 1 amide bonds. The van der Waals surface area contributed by atoms with Crippen molar-refractivity contribution in [2.24, 2.45) is 5.92 Å². The summed E-state index contributed by atoms with van der Waals surface area (Å²) in [4.78, 5) is 16.4. The monoisotopic (exact) mass is 354 g/mol. The number of rotatable bonds is 2. The Hall–Kier alpha value is -2.28. The number of hydrogen-bond acceptors (Lipinski definition) is 5. The number of hydrogen-bond donors (Lipinski definition) is 2. The molecular formula is C19H23BN2O4. The van der Waals surface area contributed by atoms with Gasteiger partial charge in [0.05, 0.1) is 11.9 Å². The number of alkyl carbamates (subject to hydrolysis) is 1. The van der Waals surface area contributed by atoms with Gasteiger partial charge in [0.15, 0.2) is 0 Å². The van der Waals surface area contributed by atoms with E-state index in [-0.39, 0.29) is 18.1 Å². The minimum Gasteiger partial charge on any atom is -0.531 e. The van der Waals surface area contributed by atoms with Gasteiger partial charge in [-0.3, -0.25) is 4.98 Å². The van der Waals surface area contributed by atoms with Crippen LogP contribution in [0.5, 0.6) is 5.75 Å². The molecule has 3 aliphatic rings. The van der Waals surface area contributed by atoms with Gasteiger partial charge in [-0.2, -0.15) is 0 Å². The zero-order chi connectivity index (χ0) is 18.5. The molecule has 0 atom stereocenters. The van der Waals surface area contributed by atoms with Crippen LogP contribution in [0.4, 0.5) is 4.79 Å². The third kappa shape index (κ3) is 3.23. The van der Waals surface area contributed by atoms with Gasteiger partial charge in [-0.1, -0.05) is 12.2 Å². The first-order chi connectivity index (χ1) is 12.3. The van der Waals surface area contributed by atoms with Crippen molar-refractivity contribution in [3.8, 4) is 5.75 Å². The highest BCUT2D eigenvalue weighted by atomic mass is 16.6. The van der Waals surface area contributed by atoms with Gasteiger partial charge in [0.1, 0.15) is 11.4 Å². The van der Waals surface area contributed by atoms with E-state index in [4.69, 9.17) is 9.39 Å². The molecule has 4 rings (SSSR count). The van der Waals surface area contributed by atoms with Crippen molar-refractivity contribution in [2.45, 2.75) is 51.7 Å². The van der Waals surface area contributed by atoms with Gasteiger partial charge < -0.3 is 19.7 Å². The Bertz CT molecular complexity index is 806. The van der Waals surface area contributed by atoms with E-state index in [0.29, 0.717) is 5.75 Å². The molecule has 6 nitrogen and oxygen atoms in total. The lowest BCUT2D eigenvalue weighted by atomic mass is 9.68. The first-order valence-corrected chi connectivity index (χ1v) is 9.05. The Morgan fingerprint density at radius 2 is 2.19 bits per heavy atom. The predicted molar refractivity (Wildman–Crippen MR) is 99.4 cm³/mol. The van der Waals surface area contributed by atoms with Crippen LogP contribution in [-0.2, 0) is 11.2 Å². The van der Waals surface area contributed by atoms with Crippen molar-refractivity contribution in [3.63, 3.8) is 0 Å². The van der Waals surface area contributed by atoms with Crippen molar-refractivity contribution in [2.75, 3.05) is 0 Å². The second kappa shape index (κ2) is 6.16. The van der Waals surface area contributed by atoms with Crippen LogP contribution < -0.4 is 9.97 Å². The SMILES string of the molecule is CC(C)(C)OC(=O)NC1CC(C2=CB(O)Oc3cnc4c(c32)C=CC4)C1. The molecule has 0 bridgehead atoms. The number of fused-ring (bicyclic) bond motifs is 3. The van der Waals surface area contributed by atoms with Crippen molar-refractivity contribution >= 4 is 24.9 Å². The Kier molecular flexibility index (Phi) is 4.06. The molecule has 1 saturated carbocycles. The highest BCUT2D eigenvalue weighted by Gasteiger charge is 2.39. The number of amides is 1. The molecule has 0 radical (unpaired) electrons. The molecule has 1 aromatic rings. The number of nitrogens with one attached hydrogen (secondary N) is 1. The number of nitrogens with zero attached hydrogens (tertiary/aromatic N) is 1. The van der Waals surface area contributed by atoms with Crippen molar-refractivity contribution in [1.29, 1.82) is 0 Å². The van der Waals surface area contributed by atoms with Crippen LogP contribution in [0.2, 0.25) is 0 Å². The van der Waals surface area contributed by atoms with E-state index in [0.717, 1.165) is 41.7 Å². The molecule has 1 fully saturated rings. The molecule has 2 N–H and O–H groups in total. The Morgan fingerprint density at radius 1 is 1.42 bits per heavy atom. The number of allylic oxidation sites excluding steroid dienone is 2. The molecule has 7 heteroatoms. The van der Waals surface area contributed by atoms with E-state index in [1.165, 1.54) is 0 Å².